The number of morpholine rings is 1. The number of hydrogen-bond acceptors (Lipinski definition) is 5. The molecule has 1 aromatic heterocycles. The lowest BCUT2D eigenvalue weighted by molar-refractivity contribution is 0.0671. The first-order valence-electron chi connectivity index (χ1n) is 11.4. The highest BCUT2D eigenvalue weighted by atomic mass is 79.9. The summed E-state index contributed by atoms with van der Waals surface area (Å²) in [4.78, 5) is 17.7. The topological polar surface area (TPSA) is 58.8 Å². The third-order valence-corrected chi connectivity index (χ3v) is 6.63. The van der Waals surface area contributed by atoms with E-state index in [2.05, 4.69) is 58.9 Å². The van der Waals surface area contributed by atoms with Gasteiger partial charge in [-0.1, -0.05) is 57.8 Å². The van der Waals surface area contributed by atoms with Crippen molar-refractivity contribution in [1.82, 2.24) is 10.1 Å². The van der Waals surface area contributed by atoms with Crippen LogP contribution in [0.3, 0.4) is 0 Å². The molecule has 33 heavy (non-hydrogen) atoms. The number of ether oxygens (including phenoxy) is 1. The van der Waals surface area contributed by atoms with Gasteiger partial charge in [0.2, 0.25) is 5.88 Å². The average molecular weight is 512 g/mol. The fraction of sp³-hybridized carbons (Fsp3) is 0.385. The molecule has 0 radical (unpaired) electrons. The van der Waals surface area contributed by atoms with Gasteiger partial charge in [0.05, 0.1) is 25.3 Å². The van der Waals surface area contributed by atoms with Crippen LogP contribution < -0.4 is 4.90 Å². The summed E-state index contributed by atoms with van der Waals surface area (Å²) in [5.74, 6) is 0.722. The second-order valence-corrected chi connectivity index (χ2v) is 9.40. The number of anilines is 1. The van der Waals surface area contributed by atoms with Crippen LogP contribution in [0.25, 0.3) is 11.3 Å². The minimum absolute atomic E-state index is 0.00466. The minimum atomic E-state index is -0.00466. The van der Waals surface area contributed by atoms with Crippen molar-refractivity contribution in [3.63, 3.8) is 0 Å². The molecule has 6 nitrogen and oxygen atoms in total. The van der Waals surface area contributed by atoms with E-state index < -0.39 is 0 Å². The van der Waals surface area contributed by atoms with Gasteiger partial charge in [0.1, 0.15) is 5.69 Å². The summed E-state index contributed by atoms with van der Waals surface area (Å²) in [6.45, 7) is 9.43. The summed E-state index contributed by atoms with van der Waals surface area (Å²) in [6, 6.07) is 15.8. The van der Waals surface area contributed by atoms with E-state index in [0.29, 0.717) is 25.3 Å². The first-order chi connectivity index (χ1) is 16.0. The molecule has 1 fully saturated rings. The van der Waals surface area contributed by atoms with Gasteiger partial charge in [0.25, 0.3) is 5.91 Å². The highest BCUT2D eigenvalue weighted by Gasteiger charge is 2.29. The smallest absolute Gasteiger partial charge is 0.254 e. The van der Waals surface area contributed by atoms with Gasteiger partial charge in [-0.3, -0.25) is 4.79 Å². The van der Waals surface area contributed by atoms with Crippen molar-refractivity contribution in [2.75, 3.05) is 31.2 Å². The van der Waals surface area contributed by atoms with Gasteiger partial charge in [0, 0.05) is 34.7 Å². The highest BCUT2D eigenvalue weighted by molar-refractivity contribution is 9.10. The first-order valence-corrected chi connectivity index (χ1v) is 12.2. The number of aryl methyl sites for hydroxylation is 1. The quantitative estimate of drug-likeness (QED) is 0.407. The molecule has 3 aromatic rings. The van der Waals surface area contributed by atoms with Gasteiger partial charge in [-0.25, -0.2) is 0 Å². The number of amides is 1. The predicted octanol–water partition coefficient (Wildman–Crippen LogP) is 5.69. The van der Waals surface area contributed by atoms with E-state index in [1.165, 1.54) is 0 Å². The lowest BCUT2D eigenvalue weighted by Crippen LogP contribution is -2.39. The second kappa shape index (κ2) is 10.5. The van der Waals surface area contributed by atoms with Crippen LogP contribution >= 0.6 is 15.9 Å². The number of rotatable bonds is 7. The molecule has 174 valence electrons. The van der Waals surface area contributed by atoms with Crippen LogP contribution in [0.2, 0.25) is 0 Å². The van der Waals surface area contributed by atoms with Crippen LogP contribution in [0.15, 0.2) is 57.5 Å². The van der Waals surface area contributed by atoms with Gasteiger partial charge in [-0.15, -0.1) is 0 Å². The average Bonchev–Trinajstić information content (AvgIpc) is 3.26. The fourth-order valence-electron chi connectivity index (χ4n) is 4.08. The molecule has 1 saturated heterocycles. The maximum atomic E-state index is 13.6. The summed E-state index contributed by atoms with van der Waals surface area (Å²) in [6.07, 6.45) is 0.845. The normalized spacial score (nSPS) is 14.8. The number of benzene rings is 2. The van der Waals surface area contributed by atoms with Crippen LogP contribution in [0.1, 0.15) is 41.8 Å². The third-order valence-electron chi connectivity index (χ3n) is 6.14. The Balaban J connectivity index is 1.76. The molecule has 0 bridgehead atoms. The Kier molecular flexibility index (Phi) is 7.50. The number of carbonyl (C=O) groups excluding carboxylic acids is 1. The molecule has 2 aromatic carbocycles. The standard InChI is InChI=1S/C26H30BrN3O3/c1-4-19(3)30(25(31)21-9-6-10-22(27)16-21)17-23-24(20-8-5-7-18(2)15-20)28-33-26(23)29-11-13-32-14-12-29/h5-10,15-16,19H,4,11-14,17H2,1-3H3. The minimum Gasteiger partial charge on any atom is -0.378 e. The maximum absolute atomic E-state index is 13.6. The number of carbonyl (C=O) groups is 1. The molecule has 1 amide bonds. The lowest BCUT2D eigenvalue weighted by Gasteiger charge is -2.31. The second-order valence-electron chi connectivity index (χ2n) is 8.48. The zero-order valence-electron chi connectivity index (χ0n) is 19.4. The molecule has 4 rings (SSSR count). The molecule has 0 aliphatic carbocycles. The van der Waals surface area contributed by atoms with E-state index in [0.717, 1.165) is 52.3 Å². The highest BCUT2D eigenvalue weighted by Crippen LogP contribution is 2.34. The zero-order valence-corrected chi connectivity index (χ0v) is 21.0. The fourth-order valence-corrected chi connectivity index (χ4v) is 4.48. The van der Waals surface area contributed by atoms with Crippen LogP contribution in [0, 0.1) is 6.92 Å². The molecular weight excluding hydrogens is 482 g/mol. The SMILES string of the molecule is CCC(C)N(Cc1c(-c2cccc(C)c2)noc1N1CCOCC1)C(=O)c1cccc(Br)c1. The predicted molar refractivity (Wildman–Crippen MR) is 133 cm³/mol. The van der Waals surface area contributed by atoms with E-state index in [-0.39, 0.29) is 11.9 Å². The van der Waals surface area contributed by atoms with E-state index in [4.69, 9.17) is 9.26 Å². The molecular formula is C26H30BrN3O3. The van der Waals surface area contributed by atoms with Gasteiger partial charge in [-0.2, -0.15) is 0 Å². The third kappa shape index (κ3) is 5.31. The van der Waals surface area contributed by atoms with E-state index in [1.54, 1.807) is 0 Å². The zero-order chi connectivity index (χ0) is 23.4. The van der Waals surface area contributed by atoms with Crippen molar-refractivity contribution in [2.24, 2.45) is 0 Å². The summed E-state index contributed by atoms with van der Waals surface area (Å²) in [7, 11) is 0. The largest absolute Gasteiger partial charge is 0.378 e. The van der Waals surface area contributed by atoms with Gasteiger partial charge in [0.15, 0.2) is 0 Å². The van der Waals surface area contributed by atoms with Gasteiger partial charge < -0.3 is 19.1 Å². The van der Waals surface area contributed by atoms with Crippen LogP contribution in [0.5, 0.6) is 0 Å². The van der Waals surface area contributed by atoms with Crippen molar-refractivity contribution < 1.29 is 14.1 Å². The summed E-state index contributed by atoms with van der Waals surface area (Å²) < 4.78 is 12.3. The molecule has 1 unspecified atom stereocenters. The Morgan fingerprint density at radius 1 is 1.18 bits per heavy atom. The summed E-state index contributed by atoms with van der Waals surface area (Å²) in [5.41, 5.74) is 4.53. The number of nitrogens with zero attached hydrogens (tertiary/aromatic N) is 3. The Hall–Kier alpha value is -2.64. The van der Waals surface area contributed by atoms with Gasteiger partial charge in [-0.05, 0) is 44.5 Å². The van der Waals surface area contributed by atoms with E-state index in [1.807, 2.05) is 41.3 Å². The summed E-state index contributed by atoms with van der Waals surface area (Å²) >= 11 is 3.49. The van der Waals surface area contributed by atoms with Crippen molar-refractivity contribution in [2.45, 2.75) is 39.8 Å². The van der Waals surface area contributed by atoms with Crippen LogP contribution in [-0.4, -0.2) is 48.3 Å². The molecule has 0 spiro atoms. The van der Waals surface area contributed by atoms with Crippen LogP contribution in [0.4, 0.5) is 5.88 Å². The molecule has 1 atom stereocenters. The van der Waals surface area contributed by atoms with Crippen molar-refractivity contribution in [3.05, 3.63) is 69.7 Å². The van der Waals surface area contributed by atoms with Crippen molar-refractivity contribution in [1.29, 1.82) is 0 Å². The number of aromatic nitrogens is 1. The van der Waals surface area contributed by atoms with E-state index in [9.17, 15) is 4.79 Å². The molecule has 1 aliphatic rings. The van der Waals surface area contributed by atoms with Crippen molar-refractivity contribution in [3.8, 4) is 11.3 Å². The molecule has 2 heterocycles. The van der Waals surface area contributed by atoms with E-state index >= 15 is 0 Å². The Bertz CT molecular complexity index is 1110. The Morgan fingerprint density at radius 2 is 1.94 bits per heavy atom. The lowest BCUT2D eigenvalue weighted by atomic mass is 10.0. The van der Waals surface area contributed by atoms with Gasteiger partial charge >= 0.3 is 0 Å². The molecule has 0 saturated carbocycles. The summed E-state index contributed by atoms with van der Waals surface area (Å²) in [5, 5.41) is 4.48. The Morgan fingerprint density at radius 3 is 2.64 bits per heavy atom. The molecule has 7 heteroatoms. The Labute approximate surface area is 203 Å². The first kappa shape index (κ1) is 23.5. The van der Waals surface area contributed by atoms with Crippen molar-refractivity contribution >= 4 is 27.7 Å². The molecule has 0 N–H and O–H groups in total. The monoisotopic (exact) mass is 511 g/mol. The maximum Gasteiger partial charge on any atom is 0.254 e. The number of halogens is 1. The molecule has 1 aliphatic heterocycles. The van der Waals surface area contributed by atoms with Crippen LogP contribution in [-0.2, 0) is 11.3 Å². The number of hydrogen-bond donors (Lipinski definition) is 0.